The van der Waals surface area contributed by atoms with Crippen LogP contribution in [0.25, 0.3) is 16.7 Å². The van der Waals surface area contributed by atoms with Crippen LogP contribution in [0.1, 0.15) is 88.8 Å². The van der Waals surface area contributed by atoms with Crippen LogP contribution in [-0.2, 0) is 30.0 Å². The van der Waals surface area contributed by atoms with Gasteiger partial charge in [-0.3, -0.25) is 9.56 Å². The first-order chi connectivity index (χ1) is 22.8. The highest BCUT2D eigenvalue weighted by molar-refractivity contribution is 5.76. The quantitative estimate of drug-likeness (QED) is 0.0549. The highest BCUT2D eigenvalue weighted by Crippen LogP contribution is 2.34. The number of halogens is 4. The summed E-state index contributed by atoms with van der Waals surface area (Å²) in [6.07, 6.45) is 0.440. The minimum Gasteiger partial charge on any atom is -0.370 e. The molecule has 13 heteroatoms. The van der Waals surface area contributed by atoms with Crippen molar-refractivity contribution in [2.75, 3.05) is 19.6 Å². The molecule has 2 aromatic heterocycles. The van der Waals surface area contributed by atoms with Crippen molar-refractivity contribution in [2.45, 2.75) is 90.8 Å². The van der Waals surface area contributed by atoms with Crippen LogP contribution < -0.4 is 28.2 Å². The molecule has 268 valence electrons. The van der Waals surface area contributed by atoms with E-state index in [1.165, 1.54) is 22.8 Å². The predicted octanol–water partition coefficient (Wildman–Crippen LogP) is 6.19. The molecule has 0 aliphatic carbocycles. The smallest absolute Gasteiger partial charge is 0.370 e. The summed E-state index contributed by atoms with van der Waals surface area (Å²) >= 11 is 0. The van der Waals surface area contributed by atoms with Crippen molar-refractivity contribution in [3.63, 3.8) is 0 Å². The number of rotatable bonds is 11. The van der Waals surface area contributed by atoms with Gasteiger partial charge in [-0.1, -0.05) is 53.7 Å². The van der Waals surface area contributed by atoms with E-state index in [4.69, 9.17) is 17.2 Å². The molecule has 0 bridgehead atoms. The molecule has 8 N–H and O–H groups in total. The lowest BCUT2D eigenvalue weighted by atomic mass is 9.84. The van der Waals surface area contributed by atoms with Crippen LogP contribution in [0.3, 0.4) is 0 Å². The molecule has 0 spiro atoms. The van der Waals surface area contributed by atoms with Crippen LogP contribution in [0.4, 0.5) is 17.6 Å². The Kier molecular flexibility index (Phi) is 13.2. The number of aliphatic imine (C=N–C) groups is 1. The number of guanidine groups is 1. The number of benzene rings is 2. The van der Waals surface area contributed by atoms with Crippen LogP contribution in [0.15, 0.2) is 58.4 Å². The SMILES string of the molecule is CC(C)(C)c1cc(CCCCN)cc(C(F)(F)F)c1.CC(C)(C)c1cc2cn(-c3ccc(CNCCCN=C(N)N)c(F)c3)c(=O)nc2[nH]1. The third kappa shape index (κ3) is 11.7. The van der Waals surface area contributed by atoms with Gasteiger partial charge >= 0.3 is 11.9 Å². The van der Waals surface area contributed by atoms with Crippen LogP contribution in [0, 0.1) is 5.82 Å². The van der Waals surface area contributed by atoms with Gasteiger partial charge in [-0.2, -0.15) is 18.2 Å². The number of hydrogen-bond acceptors (Lipinski definition) is 5. The second kappa shape index (κ2) is 16.4. The van der Waals surface area contributed by atoms with Gasteiger partial charge in [0.05, 0.1) is 11.3 Å². The molecule has 2 aromatic carbocycles. The summed E-state index contributed by atoms with van der Waals surface area (Å²) in [6.45, 7) is 14.1. The summed E-state index contributed by atoms with van der Waals surface area (Å²) in [4.78, 5) is 23.7. The van der Waals surface area contributed by atoms with Gasteiger partial charge in [-0.15, -0.1) is 0 Å². The van der Waals surface area contributed by atoms with E-state index in [9.17, 15) is 22.4 Å². The predicted molar refractivity (Wildman–Crippen MR) is 189 cm³/mol. The summed E-state index contributed by atoms with van der Waals surface area (Å²) < 4.78 is 54.7. The Labute approximate surface area is 285 Å². The molecule has 0 saturated carbocycles. The number of alkyl halides is 3. The minimum absolute atomic E-state index is 0.0637. The number of nitrogens with one attached hydrogen (secondary N) is 2. The van der Waals surface area contributed by atoms with Gasteiger partial charge < -0.3 is 27.5 Å². The maximum absolute atomic E-state index is 14.6. The molecule has 9 nitrogen and oxygen atoms in total. The fraction of sp³-hybridized carbons (Fsp3) is 0.472. The highest BCUT2D eigenvalue weighted by atomic mass is 19.4. The topological polar surface area (TPSA) is 153 Å². The molecule has 0 amide bonds. The minimum atomic E-state index is -4.29. The number of nitrogens with two attached hydrogens (primary N) is 3. The third-order valence-corrected chi connectivity index (χ3v) is 7.86. The average molecular weight is 687 g/mol. The van der Waals surface area contributed by atoms with Gasteiger partial charge in [-0.25, -0.2) is 9.18 Å². The fourth-order valence-corrected chi connectivity index (χ4v) is 4.95. The van der Waals surface area contributed by atoms with Crippen molar-refractivity contribution >= 4 is 17.0 Å². The van der Waals surface area contributed by atoms with E-state index in [1.54, 1.807) is 18.3 Å². The van der Waals surface area contributed by atoms with E-state index < -0.39 is 17.4 Å². The standard InChI is InChI=1S/C21H28FN7O.C15H22F3N/c1-21(2,3)17-9-14-12-29(20(30)28-18(14)27-17)15-6-5-13(16(22)10-15)11-25-7-4-8-26-19(23)24;1-14(2,3)12-8-11(6-4-5-7-19)9-13(10-12)15(16,17)18/h5-6,9-10,12,25H,4,7-8,11H2,1-3H3,(H4,23,24,26)(H,27,28,30);8-10H,4-7,19H2,1-3H3. The molecule has 0 saturated heterocycles. The van der Waals surface area contributed by atoms with Crippen molar-refractivity contribution in [1.29, 1.82) is 0 Å². The van der Waals surface area contributed by atoms with Crippen LogP contribution >= 0.6 is 0 Å². The van der Waals surface area contributed by atoms with E-state index in [0.717, 1.165) is 41.5 Å². The number of aryl methyl sites for hydroxylation is 1. The van der Waals surface area contributed by atoms with Crippen molar-refractivity contribution in [1.82, 2.24) is 19.9 Å². The van der Waals surface area contributed by atoms with Gasteiger partial charge in [-0.05, 0) is 85.6 Å². The van der Waals surface area contributed by atoms with E-state index in [2.05, 4.69) is 41.0 Å². The van der Waals surface area contributed by atoms with Crippen LogP contribution in [-0.4, -0.2) is 40.1 Å². The van der Waals surface area contributed by atoms with Crippen molar-refractivity contribution in [3.05, 3.63) is 92.9 Å². The van der Waals surface area contributed by atoms with E-state index >= 15 is 0 Å². The summed E-state index contributed by atoms with van der Waals surface area (Å²) in [5.41, 5.74) is 18.5. The monoisotopic (exact) mass is 686 g/mol. The lowest BCUT2D eigenvalue weighted by Crippen LogP contribution is -2.23. The number of aromatic nitrogens is 3. The first-order valence-electron chi connectivity index (χ1n) is 16.4. The Morgan fingerprint density at radius 2 is 1.63 bits per heavy atom. The van der Waals surface area contributed by atoms with Crippen molar-refractivity contribution in [3.8, 4) is 5.69 Å². The molecular formula is C36H50F4N8O. The average Bonchev–Trinajstić information content (AvgIpc) is 3.42. The zero-order chi connectivity index (χ0) is 36.6. The molecule has 0 fully saturated rings. The Bertz CT molecular complexity index is 1740. The van der Waals surface area contributed by atoms with Crippen LogP contribution in [0.2, 0.25) is 0 Å². The number of aromatic amines is 1. The normalized spacial score (nSPS) is 12.1. The number of nitrogens with zero attached hydrogens (tertiary/aromatic N) is 3. The number of H-pyrrole nitrogens is 1. The lowest BCUT2D eigenvalue weighted by molar-refractivity contribution is -0.137. The Hall–Kier alpha value is -4.23. The highest BCUT2D eigenvalue weighted by Gasteiger charge is 2.32. The number of unbranched alkanes of at least 4 members (excludes halogenated alkanes) is 1. The van der Waals surface area contributed by atoms with Gasteiger partial charge in [0, 0.05) is 41.3 Å². The first kappa shape index (κ1) is 39.2. The molecular weight excluding hydrogens is 636 g/mol. The molecule has 0 unspecified atom stereocenters. The molecule has 4 rings (SSSR count). The molecule has 49 heavy (non-hydrogen) atoms. The van der Waals surface area contributed by atoms with Crippen molar-refractivity contribution < 1.29 is 17.6 Å². The molecule has 0 aliphatic heterocycles. The maximum atomic E-state index is 14.6. The zero-order valence-electron chi connectivity index (χ0n) is 29.3. The first-order valence-corrected chi connectivity index (χ1v) is 16.4. The number of fused-ring (bicyclic) bond motifs is 1. The summed E-state index contributed by atoms with van der Waals surface area (Å²) in [6, 6.07) is 11.1. The lowest BCUT2D eigenvalue weighted by Gasteiger charge is -2.22. The Balaban J connectivity index is 0.000000295. The largest absolute Gasteiger partial charge is 0.416 e. The van der Waals surface area contributed by atoms with E-state index in [1.807, 2.05) is 32.9 Å². The molecule has 0 atom stereocenters. The van der Waals surface area contributed by atoms with Gasteiger partial charge in [0.1, 0.15) is 11.5 Å². The van der Waals surface area contributed by atoms with Crippen molar-refractivity contribution in [2.24, 2.45) is 22.2 Å². The van der Waals surface area contributed by atoms with E-state index in [0.29, 0.717) is 49.5 Å². The second-order valence-electron chi connectivity index (χ2n) is 14.2. The summed E-state index contributed by atoms with van der Waals surface area (Å²) in [5.74, 6) is -0.325. The molecule has 4 aromatic rings. The Morgan fingerprint density at radius 3 is 2.22 bits per heavy atom. The van der Waals surface area contributed by atoms with Crippen LogP contribution in [0.5, 0.6) is 0 Å². The molecule has 2 heterocycles. The van der Waals surface area contributed by atoms with E-state index in [-0.39, 0.29) is 22.6 Å². The summed E-state index contributed by atoms with van der Waals surface area (Å²) in [7, 11) is 0. The summed E-state index contributed by atoms with van der Waals surface area (Å²) in [5, 5.41) is 3.95. The zero-order valence-corrected chi connectivity index (χ0v) is 29.3. The van der Waals surface area contributed by atoms with Gasteiger partial charge in [0.15, 0.2) is 5.96 Å². The molecule has 0 aliphatic rings. The van der Waals surface area contributed by atoms with Gasteiger partial charge in [0.2, 0.25) is 0 Å². The third-order valence-electron chi connectivity index (χ3n) is 7.86. The maximum Gasteiger partial charge on any atom is 0.416 e. The fourth-order valence-electron chi connectivity index (χ4n) is 4.95. The van der Waals surface area contributed by atoms with Gasteiger partial charge in [0.25, 0.3) is 0 Å². The number of hydrogen-bond donors (Lipinski definition) is 5. The second-order valence-corrected chi connectivity index (χ2v) is 14.2. The molecule has 0 radical (unpaired) electrons. The Morgan fingerprint density at radius 1 is 0.939 bits per heavy atom.